The standard InChI is InChI=1S/C12H19NO3/c1-10(2)12-7-5-11(6-8-12)4-3-9-16-13(14)15/h5-8,10,14-15H,3-4,9H2,1-2H3. The minimum absolute atomic E-state index is 0.248. The van der Waals surface area contributed by atoms with Crippen molar-refractivity contribution in [1.82, 2.24) is 5.39 Å². The summed E-state index contributed by atoms with van der Waals surface area (Å²) < 4.78 is 0. The van der Waals surface area contributed by atoms with E-state index in [1.54, 1.807) is 0 Å². The summed E-state index contributed by atoms with van der Waals surface area (Å²) in [6.07, 6.45) is 1.62. The molecule has 1 rings (SSSR count). The molecule has 0 radical (unpaired) electrons. The van der Waals surface area contributed by atoms with Gasteiger partial charge in [0.1, 0.15) is 0 Å². The molecule has 4 nitrogen and oxygen atoms in total. The van der Waals surface area contributed by atoms with Crippen LogP contribution >= 0.6 is 0 Å². The van der Waals surface area contributed by atoms with Crippen LogP contribution < -0.4 is 0 Å². The Hall–Kier alpha value is -0.940. The van der Waals surface area contributed by atoms with Gasteiger partial charge >= 0.3 is 0 Å². The van der Waals surface area contributed by atoms with Crippen LogP contribution in [0.5, 0.6) is 0 Å². The molecular weight excluding hydrogens is 206 g/mol. The fourth-order valence-electron chi connectivity index (χ4n) is 1.49. The second-order valence-electron chi connectivity index (χ2n) is 4.09. The van der Waals surface area contributed by atoms with Gasteiger partial charge < -0.3 is 0 Å². The Balaban J connectivity index is 2.32. The minimum atomic E-state index is -0.248. The van der Waals surface area contributed by atoms with Crippen molar-refractivity contribution in [3.05, 3.63) is 35.4 Å². The summed E-state index contributed by atoms with van der Waals surface area (Å²) in [5.41, 5.74) is 2.56. The van der Waals surface area contributed by atoms with Gasteiger partial charge in [-0.1, -0.05) is 38.1 Å². The largest absolute Gasteiger partial charge is 0.266 e. The van der Waals surface area contributed by atoms with Crippen LogP contribution in [-0.2, 0) is 11.3 Å². The van der Waals surface area contributed by atoms with Gasteiger partial charge in [0.2, 0.25) is 0 Å². The smallest absolute Gasteiger partial charge is 0.0739 e. The molecule has 0 aliphatic carbocycles. The zero-order chi connectivity index (χ0) is 12.0. The molecule has 0 aliphatic heterocycles. The van der Waals surface area contributed by atoms with Crippen LogP contribution in [0.1, 0.15) is 37.3 Å². The average Bonchev–Trinajstić information content (AvgIpc) is 2.25. The first-order chi connectivity index (χ1) is 7.59. The lowest BCUT2D eigenvalue weighted by atomic mass is 10.0. The first-order valence-corrected chi connectivity index (χ1v) is 5.49. The molecule has 90 valence electrons. The van der Waals surface area contributed by atoms with E-state index < -0.39 is 0 Å². The van der Waals surface area contributed by atoms with Gasteiger partial charge in [0.15, 0.2) is 0 Å². The molecule has 0 amide bonds. The van der Waals surface area contributed by atoms with Crippen molar-refractivity contribution in [2.45, 2.75) is 32.6 Å². The second-order valence-corrected chi connectivity index (χ2v) is 4.09. The maximum Gasteiger partial charge on any atom is 0.0739 e. The normalized spacial score (nSPS) is 11.4. The van der Waals surface area contributed by atoms with Crippen molar-refractivity contribution >= 4 is 0 Å². The van der Waals surface area contributed by atoms with E-state index in [9.17, 15) is 0 Å². The van der Waals surface area contributed by atoms with E-state index in [-0.39, 0.29) is 5.39 Å². The fourth-order valence-corrected chi connectivity index (χ4v) is 1.49. The Kier molecular flexibility index (Phi) is 5.42. The molecule has 0 aromatic heterocycles. The molecule has 0 atom stereocenters. The Bertz CT molecular complexity index is 296. The van der Waals surface area contributed by atoms with Crippen molar-refractivity contribution in [2.75, 3.05) is 6.61 Å². The molecule has 0 aliphatic rings. The molecule has 0 saturated heterocycles. The molecule has 0 fully saturated rings. The predicted octanol–water partition coefficient (Wildman–Crippen LogP) is 2.75. The van der Waals surface area contributed by atoms with Crippen molar-refractivity contribution in [3.63, 3.8) is 0 Å². The monoisotopic (exact) mass is 225 g/mol. The topological polar surface area (TPSA) is 52.9 Å². The molecule has 1 aromatic rings. The van der Waals surface area contributed by atoms with Crippen molar-refractivity contribution in [1.29, 1.82) is 0 Å². The lowest BCUT2D eigenvalue weighted by Gasteiger charge is -2.08. The third-order valence-corrected chi connectivity index (χ3v) is 2.46. The van der Waals surface area contributed by atoms with E-state index in [4.69, 9.17) is 10.4 Å². The molecule has 0 saturated carbocycles. The summed E-state index contributed by atoms with van der Waals surface area (Å²) >= 11 is 0. The number of hydrogen-bond acceptors (Lipinski definition) is 4. The SMILES string of the molecule is CC(C)c1ccc(CCCON(O)O)cc1. The van der Waals surface area contributed by atoms with E-state index in [0.717, 1.165) is 12.8 Å². The summed E-state index contributed by atoms with van der Waals surface area (Å²) in [7, 11) is 0. The van der Waals surface area contributed by atoms with Gasteiger partial charge in [-0.05, 0) is 29.9 Å². The lowest BCUT2D eigenvalue weighted by Crippen LogP contribution is -2.15. The van der Waals surface area contributed by atoms with Crippen molar-refractivity contribution in [3.8, 4) is 0 Å². The Morgan fingerprint density at radius 3 is 2.31 bits per heavy atom. The van der Waals surface area contributed by atoms with Crippen molar-refractivity contribution in [2.24, 2.45) is 0 Å². The molecule has 0 unspecified atom stereocenters. The van der Waals surface area contributed by atoms with Crippen LogP contribution in [0.15, 0.2) is 24.3 Å². The first kappa shape index (κ1) is 13.1. The summed E-state index contributed by atoms with van der Waals surface area (Å²) in [6.45, 7) is 4.62. The van der Waals surface area contributed by atoms with Gasteiger partial charge in [-0.2, -0.15) is 0 Å². The molecular formula is C12H19NO3. The van der Waals surface area contributed by atoms with Crippen LogP contribution in [-0.4, -0.2) is 22.4 Å². The van der Waals surface area contributed by atoms with Gasteiger partial charge in [0.05, 0.1) is 12.0 Å². The highest BCUT2D eigenvalue weighted by Gasteiger charge is 1.99. The van der Waals surface area contributed by atoms with Crippen LogP contribution in [0.3, 0.4) is 0 Å². The second kappa shape index (κ2) is 6.60. The molecule has 16 heavy (non-hydrogen) atoms. The van der Waals surface area contributed by atoms with Gasteiger partial charge in [0, 0.05) is 0 Å². The number of nitrogens with zero attached hydrogens (tertiary/aromatic N) is 1. The van der Waals surface area contributed by atoms with Crippen molar-refractivity contribution < 1.29 is 15.3 Å². The number of rotatable bonds is 6. The van der Waals surface area contributed by atoms with Crippen LogP contribution in [0, 0.1) is 0 Å². The summed E-state index contributed by atoms with van der Waals surface area (Å²) in [4.78, 5) is 4.47. The van der Waals surface area contributed by atoms with E-state index in [1.165, 1.54) is 11.1 Å². The molecule has 0 bridgehead atoms. The summed E-state index contributed by atoms with van der Waals surface area (Å²) in [5.74, 6) is 0.551. The van der Waals surface area contributed by atoms with Gasteiger partial charge in [-0.25, -0.2) is 0 Å². The molecule has 0 spiro atoms. The lowest BCUT2D eigenvalue weighted by molar-refractivity contribution is -0.492. The fraction of sp³-hybridized carbons (Fsp3) is 0.500. The molecule has 2 N–H and O–H groups in total. The van der Waals surface area contributed by atoms with Crippen LogP contribution in [0.2, 0.25) is 0 Å². The molecule has 4 heteroatoms. The maximum atomic E-state index is 8.31. The number of hydrogen-bond donors (Lipinski definition) is 2. The van der Waals surface area contributed by atoms with Gasteiger partial charge in [0.25, 0.3) is 0 Å². The highest BCUT2D eigenvalue weighted by Crippen LogP contribution is 2.15. The molecule has 0 heterocycles. The zero-order valence-electron chi connectivity index (χ0n) is 9.76. The minimum Gasteiger partial charge on any atom is -0.266 e. The highest BCUT2D eigenvalue weighted by molar-refractivity contribution is 5.24. The highest BCUT2D eigenvalue weighted by atomic mass is 17.1. The van der Waals surface area contributed by atoms with E-state index in [2.05, 4.69) is 43.0 Å². The zero-order valence-corrected chi connectivity index (χ0v) is 9.76. The Labute approximate surface area is 95.9 Å². The van der Waals surface area contributed by atoms with E-state index in [1.807, 2.05) is 0 Å². The van der Waals surface area contributed by atoms with E-state index in [0.29, 0.717) is 12.5 Å². The van der Waals surface area contributed by atoms with Crippen LogP contribution in [0.4, 0.5) is 0 Å². The van der Waals surface area contributed by atoms with E-state index >= 15 is 0 Å². The number of aryl methyl sites for hydroxylation is 1. The average molecular weight is 225 g/mol. The predicted molar refractivity (Wildman–Crippen MR) is 60.2 cm³/mol. The number of benzene rings is 1. The summed E-state index contributed by atoms with van der Waals surface area (Å²) in [5, 5.41) is 16.4. The third-order valence-electron chi connectivity index (χ3n) is 2.46. The Morgan fingerprint density at radius 2 is 1.81 bits per heavy atom. The summed E-state index contributed by atoms with van der Waals surface area (Å²) in [6, 6.07) is 8.46. The first-order valence-electron chi connectivity index (χ1n) is 5.49. The van der Waals surface area contributed by atoms with Gasteiger partial charge in [-0.3, -0.25) is 15.3 Å². The third kappa shape index (κ3) is 4.72. The quantitative estimate of drug-likeness (QED) is 0.577. The van der Waals surface area contributed by atoms with Crippen LogP contribution in [0.25, 0.3) is 0 Å². The maximum absolute atomic E-state index is 8.31. The van der Waals surface area contributed by atoms with Gasteiger partial charge in [-0.15, -0.1) is 0 Å². The molecule has 1 aromatic carbocycles. The Morgan fingerprint density at radius 1 is 1.19 bits per heavy atom.